The van der Waals surface area contributed by atoms with E-state index in [1.54, 1.807) is 6.07 Å². The number of carbonyl (C=O) groups is 3. The highest BCUT2D eigenvalue weighted by atomic mass is 32.1. The Hall–Kier alpha value is -3.39. The second-order valence-electron chi connectivity index (χ2n) is 8.52. The molecule has 3 aromatic rings. The summed E-state index contributed by atoms with van der Waals surface area (Å²) in [5.74, 6) is -0.953. The van der Waals surface area contributed by atoms with Crippen LogP contribution in [0.5, 0.6) is 0 Å². The molecule has 0 spiro atoms. The summed E-state index contributed by atoms with van der Waals surface area (Å²) in [6.07, 6.45) is 6.66. The Bertz CT molecular complexity index is 1110. The molecule has 2 aromatic heterocycles. The Morgan fingerprint density at radius 1 is 1.09 bits per heavy atom. The van der Waals surface area contributed by atoms with Gasteiger partial charge in [-0.2, -0.15) is 0 Å². The highest BCUT2D eigenvalue weighted by Crippen LogP contribution is 2.32. The van der Waals surface area contributed by atoms with E-state index >= 15 is 0 Å². The van der Waals surface area contributed by atoms with Crippen LogP contribution in [-0.4, -0.2) is 30.3 Å². The molecule has 2 heterocycles. The molecular weight excluding hydrogens is 450 g/mol. The predicted molar refractivity (Wildman–Crippen MR) is 132 cm³/mol. The van der Waals surface area contributed by atoms with E-state index in [9.17, 15) is 14.4 Å². The third-order valence-corrected chi connectivity index (χ3v) is 6.89. The third-order valence-electron chi connectivity index (χ3n) is 5.96. The molecule has 2 N–H and O–H groups in total. The number of benzene rings is 1. The van der Waals surface area contributed by atoms with Gasteiger partial charge in [-0.1, -0.05) is 37.5 Å². The van der Waals surface area contributed by atoms with Crippen molar-refractivity contribution >= 4 is 34.7 Å². The Morgan fingerprint density at radius 3 is 2.59 bits per heavy atom. The Morgan fingerprint density at radius 2 is 1.91 bits per heavy atom. The van der Waals surface area contributed by atoms with Gasteiger partial charge in [-0.05, 0) is 61.0 Å². The van der Waals surface area contributed by atoms with Crippen molar-refractivity contribution in [2.75, 3.05) is 11.4 Å². The van der Waals surface area contributed by atoms with Crippen LogP contribution in [-0.2, 0) is 9.59 Å². The number of aryl methyl sites for hydroxylation is 1. The van der Waals surface area contributed by atoms with Gasteiger partial charge in [0, 0.05) is 16.6 Å². The second-order valence-corrected chi connectivity index (χ2v) is 9.50. The van der Waals surface area contributed by atoms with Crippen molar-refractivity contribution in [2.45, 2.75) is 51.1 Å². The fourth-order valence-electron chi connectivity index (χ4n) is 4.30. The maximum atomic E-state index is 13.6. The zero-order chi connectivity index (χ0) is 23.9. The van der Waals surface area contributed by atoms with Gasteiger partial charge < -0.3 is 15.1 Å². The molecular formula is C26H29N3O4S. The number of rotatable bonds is 8. The molecule has 7 nitrogen and oxygen atoms in total. The van der Waals surface area contributed by atoms with Gasteiger partial charge >= 0.3 is 0 Å². The number of furan rings is 1. The fourth-order valence-corrected chi connectivity index (χ4v) is 5.11. The molecule has 0 aliphatic heterocycles. The van der Waals surface area contributed by atoms with Crippen molar-refractivity contribution in [3.8, 4) is 0 Å². The minimum atomic E-state index is -0.836. The molecule has 1 aromatic carbocycles. The quantitative estimate of drug-likeness (QED) is 0.494. The first kappa shape index (κ1) is 23.8. The molecule has 0 unspecified atom stereocenters. The minimum Gasteiger partial charge on any atom is -0.459 e. The lowest BCUT2D eigenvalue weighted by molar-refractivity contribution is -0.126. The Labute approximate surface area is 203 Å². The summed E-state index contributed by atoms with van der Waals surface area (Å²) < 4.78 is 5.12. The first-order valence-corrected chi connectivity index (χ1v) is 12.4. The summed E-state index contributed by atoms with van der Waals surface area (Å²) in [6.45, 7) is 1.67. The number of amides is 3. The van der Waals surface area contributed by atoms with Gasteiger partial charge in [0.05, 0.1) is 12.8 Å². The summed E-state index contributed by atoms with van der Waals surface area (Å²) in [5.41, 5.74) is 1.57. The summed E-state index contributed by atoms with van der Waals surface area (Å²) >= 11 is 1.43. The number of hydrogen-bond donors (Lipinski definition) is 2. The van der Waals surface area contributed by atoms with E-state index in [2.05, 4.69) is 10.6 Å². The molecule has 0 bridgehead atoms. The lowest BCUT2D eigenvalue weighted by atomic mass is 9.95. The average molecular weight is 480 g/mol. The van der Waals surface area contributed by atoms with Crippen molar-refractivity contribution in [1.29, 1.82) is 0 Å². The largest absolute Gasteiger partial charge is 0.459 e. The Kier molecular flexibility index (Phi) is 7.80. The van der Waals surface area contributed by atoms with Crippen molar-refractivity contribution in [3.05, 3.63) is 76.4 Å². The molecule has 178 valence electrons. The molecule has 1 aliphatic rings. The molecule has 3 amide bonds. The van der Waals surface area contributed by atoms with Crippen LogP contribution in [0.25, 0.3) is 0 Å². The van der Waals surface area contributed by atoms with Crippen LogP contribution in [0.1, 0.15) is 59.1 Å². The van der Waals surface area contributed by atoms with Crippen LogP contribution in [0.2, 0.25) is 0 Å². The van der Waals surface area contributed by atoms with E-state index in [4.69, 9.17) is 4.42 Å². The van der Waals surface area contributed by atoms with Gasteiger partial charge in [0.2, 0.25) is 11.8 Å². The van der Waals surface area contributed by atoms with Gasteiger partial charge in [-0.3, -0.25) is 19.3 Å². The van der Waals surface area contributed by atoms with Gasteiger partial charge in [0.1, 0.15) is 6.04 Å². The molecule has 8 heteroatoms. The van der Waals surface area contributed by atoms with E-state index in [1.165, 1.54) is 35.0 Å². The first-order chi connectivity index (χ1) is 16.5. The van der Waals surface area contributed by atoms with E-state index in [0.717, 1.165) is 36.1 Å². The molecule has 0 saturated heterocycles. The molecule has 1 aliphatic carbocycles. The molecule has 0 radical (unpaired) electrons. The van der Waals surface area contributed by atoms with E-state index in [1.807, 2.05) is 48.7 Å². The van der Waals surface area contributed by atoms with Crippen LogP contribution in [0.4, 0.5) is 5.69 Å². The number of thiophene rings is 1. The number of carbonyl (C=O) groups excluding carboxylic acids is 3. The van der Waals surface area contributed by atoms with Crippen LogP contribution >= 0.6 is 11.3 Å². The van der Waals surface area contributed by atoms with Crippen molar-refractivity contribution in [1.82, 2.24) is 10.6 Å². The zero-order valence-electron chi connectivity index (χ0n) is 19.2. The molecule has 1 fully saturated rings. The van der Waals surface area contributed by atoms with E-state index in [0.29, 0.717) is 5.69 Å². The zero-order valence-corrected chi connectivity index (χ0v) is 20.0. The first-order valence-electron chi connectivity index (χ1n) is 11.6. The SMILES string of the molecule is Cc1cccc(N(C(=O)CNC(=O)c2ccco2)[C@@H](C(=O)NC2CCCCC2)c2cccs2)c1. The standard InChI is InChI=1S/C26H29N3O4S/c1-18-8-5-11-20(16-18)29(23(30)17-27-25(31)21-12-6-14-33-21)24(22-13-7-15-34-22)26(32)28-19-9-3-2-4-10-19/h5-8,11-16,19,24H,2-4,9-10,17H2,1H3,(H,27,31)(H,28,32)/t24-/m1/s1. The normalized spacial score (nSPS) is 14.9. The monoisotopic (exact) mass is 479 g/mol. The van der Waals surface area contributed by atoms with Crippen LogP contribution in [0.3, 0.4) is 0 Å². The van der Waals surface area contributed by atoms with E-state index in [-0.39, 0.29) is 30.2 Å². The van der Waals surface area contributed by atoms with Crippen molar-refractivity contribution < 1.29 is 18.8 Å². The highest BCUT2D eigenvalue weighted by molar-refractivity contribution is 7.10. The third kappa shape index (κ3) is 5.75. The Balaban J connectivity index is 1.63. The lowest BCUT2D eigenvalue weighted by Crippen LogP contribution is -2.49. The topological polar surface area (TPSA) is 91.7 Å². The van der Waals surface area contributed by atoms with Crippen molar-refractivity contribution in [3.63, 3.8) is 0 Å². The lowest BCUT2D eigenvalue weighted by Gasteiger charge is -2.33. The number of nitrogens with zero attached hydrogens (tertiary/aromatic N) is 1. The van der Waals surface area contributed by atoms with Crippen LogP contribution < -0.4 is 15.5 Å². The van der Waals surface area contributed by atoms with Crippen LogP contribution in [0, 0.1) is 6.92 Å². The van der Waals surface area contributed by atoms with Gasteiger partial charge in [0.25, 0.3) is 5.91 Å². The summed E-state index contributed by atoms with van der Waals surface area (Å²) in [6, 6.07) is 13.6. The maximum Gasteiger partial charge on any atom is 0.287 e. The second kappa shape index (κ2) is 11.2. The number of nitrogens with one attached hydrogen (secondary N) is 2. The van der Waals surface area contributed by atoms with Gasteiger partial charge in [-0.25, -0.2) is 0 Å². The maximum absolute atomic E-state index is 13.6. The average Bonchev–Trinajstić information content (AvgIpc) is 3.56. The number of hydrogen-bond acceptors (Lipinski definition) is 5. The summed E-state index contributed by atoms with van der Waals surface area (Å²) in [7, 11) is 0. The molecule has 1 saturated carbocycles. The van der Waals surface area contributed by atoms with E-state index < -0.39 is 11.9 Å². The summed E-state index contributed by atoms with van der Waals surface area (Å²) in [4.78, 5) is 41.8. The van der Waals surface area contributed by atoms with Gasteiger partial charge in [0.15, 0.2) is 5.76 Å². The number of anilines is 1. The van der Waals surface area contributed by atoms with Crippen LogP contribution in [0.15, 0.2) is 64.6 Å². The predicted octanol–water partition coefficient (Wildman–Crippen LogP) is 4.60. The fraction of sp³-hybridized carbons (Fsp3) is 0.346. The molecule has 1 atom stereocenters. The molecule has 4 rings (SSSR count). The summed E-state index contributed by atoms with van der Waals surface area (Å²) in [5, 5.41) is 7.70. The van der Waals surface area contributed by atoms with Crippen molar-refractivity contribution in [2.24, 2.45) is 0 Å². The minimum absolute atomic E-state index is 0.108. The smallest absolute Gasteiger partial charge is 0.287 e. The molecule has 34 heavy (non-hydrogen) atoms. The highest BCUT2D eigenvalue weighted by Gasteiger charge is 2.35. The van der Waals surface area contributed by atoms with Gasteiger partial charge in [-0.15, -0.1) is 11.3 Å².